The first kappa shape index (κ1) is 10.6. The standard InChI is InChI=1S/C12H15ClO2/c13-11-7-6-9(14)8-12(11)15-10-4-2-1-3-5-10/h6-8,10,14H,1-5H2. The summed E-state index contributed by atoms with van der Waals surface area (Å²) < 4.78 is 5.77. The summed E-state index contributed by atoms with van der Waals surface area (Å²) in [5.41, 5.74) is 0. The van der Waals surface area contributed by atoms with Gasteiger partial charge in [-0.25, -0.2) is 0 Å². The molecule has 1 aliphatic rings. The Kier molecular flexibility index (Phi) is 3.37. The molecule has 0 bridgehead atoms. The molecule has 82 valence electrons. The maximum atomic E-state index is 9.33. The summed E-state index contributed by atoms with van der Waals surface area (Å²) in [6.45, 7) is 0. The van der Waals surface area contributed by atoms with Crippen molar-refractivity contribution in [2.24, 2.45) is 0 Å². The van der Waals surface area contributed by atoms with E-state index in [1.165, 1.54) is 19.3 Å². The van der Waals surface area contributed by atoms with Crippen molar-refractivity contribution < 1.29 is 9.84 Å². The second-order valence-corrected chi connectivity index (χ2v) is 4.40. The summed E-state index contributed by atoms with van der Waals surface area (Å²) in [7, 11) is 0. The molecule has 1 fully saturated rings. The summed E-state index contributed by atoms with van der Waals surface area (Å²) in [6, 6.07) is 4.81. The number of hydrogen-bond acceptors (Lipinski definition) is 2. The van der Waals surface area contributed by atoms with Gasteiger partial charge in [-0.1, -0.05) is 18.0 Å². The van der Waals surface area contributed by atoms with Crippen LogP contribution in [0.25, 0.3) is 0 Å². The molecule has 0 spiro atoms. The Morgan fingerprint density at radius 3 is 2.67 bits per heavy atom. The third-order valence-corrected chi connectivity index (χ3v) is 3.07. The molecule has 1 aliphatic carbocycles. The molecule has 3 heteroatoms. The zero-order valence-corrected chi connectivity index (χ0v) is 9.33. The summed E-state index contributed by atoms with van der Waals surface area (Å²) in [5.74, 6) is 0.800. The van der Waals surface area contributed by atoms with Gasteiger partial charge >= 0.3 is 0 Å². The monoisotopic (exact) mass is 226 g/mol. The highest BCUT2D eigenvalue weighted by Gasteiger charge is 2.16. The second kappa shape index (κ2) is 4.75. The fourth-order valence-corrected chi connectivity index (χ4v) is 2.11. The topological polar surface area (TPSA) is 29.5 Å². The van der Waals surface area contributed by atoms with Crippen LogP contribution in [0.15, 0.2) is 18.2 Å². The SMILES string of the molecule is Oc1ccc(Cl)c(OC2CCCCC2)c1. The van der Waals surface area contributed by atoms with E-state index in [0.29, 0.717) is 10.8 Å². The maximum absolute atomic E-state index is 9.33. The lowest BCUT2D eigenvalue weighted by molar-refractivity contribution is 0.154. The Bertz CT molecular complexity index is 332. The van der Waals surface area contributed by atoms with Crippen molar-refractivity contribution >= 4 is 11.6 Å². The van der Waals surface area contributed by atoms with Gasteiger partial charge in [-0.15, -0.1) is 0 Å². The fraction of sp³-hybridized carbons (Fsp3) is 0.500. The third kappa shape index (κ3) is 2.78. The van der Waals surface area contributed by atoms with E-state index in [1.807, 2.05) is 0 Å². The molecule has 0 atom stereocenters. The van der Waals surface area contributed by atoms with Crippen LogP contribution in [-0.4, -0.2) is 11.2 Å². The molecule has 0 saturated heterocycles. The zero-order chi connectivity index (χ0) is 10.7. The van der Waals surface area contributed by atoms with Gasteiger partial charge in [0.1, 0.15) is 11.5 Å². The van der Waals surface area contributed by atoms with E-state index in [1.54, 1.807) is 18.2 Å². The van der Waals surface area contributed by atoms with E-state index in [-0.39, 0.29) is 11.9 Å². The predicted octanol–water partition coefficient (Wildman–Crippen LogP) is 3.76. The number of benzene rings is 1. The van der Waals surface area contributed by atoms with Crippen molar-refractivity contribution in [2.45, 2.75) is 38.2 Å². The van der Waals surface area contributed by atoms with Gasteiger partial charge in [-0.2, -0.15) is 0 Å². The maximum Gasteiger partial charge on any atom is 0.141 e. The molecule has 1 N–H and O–H groups in total. The number of rotatable bonds is 2. The molecule has 2 nitrogen and oxygen atoms in total. The summed E-state index contributed by atoms with van der Waals surface area (Å²) in [5, 5.41) is 9.90. The number of hydrogen-bond donors (Lipinski definition) is 1. The Morgan fingerprint density at radius 2 is 1.93 bits per heavy atom. The molecule has 1 saturated carbocycles. The van der Waals surface area contributed by atoms with E-state index < -0.39 is 0 Å². The molecule has 1 aromatic rings. The molecule has 0 radical (unpaired) electrons. The van der Waals surface area contributed by atoms with E-state index in [4.69, 9.17) is 16.3 Å². The van der Waals surface area contributed by atoms with Crippen LogP contribution in [0.4, 0.5) is 0 Å². The average molecular weight is 227 g/mol. The Morgan fingerprint density at radius 1 is 1.20 bits per heavy atom. The summed E-state index contributed by atoms with van der Waals surface area (Å²) in [6.07, 6.45) is 6.19. The molecule has 2 rings (SSSR count). The Balaban J connectivity index is 2.05. The molecule has 0 aromatic heterocycles. The number of ether oxygens (including phenoxy) is 1. The van der Waals surface area contributed by atoms with Gasteiger partial charge in [0.15, 0.2) is 0 Å². The first-order valence-electron chi connectivity index (χ1n) is 5.41. The van der Waals surface area contributed by atoms with E-state index in [9.17, 15) is 5.11 Å². The quantitative estimate of drug-likeness (QED) is 0.832. The van der Waals surface area contributed by atoms with E-state index in [2.05, 4.69) is 0 Å². The van der Waals surface area contributed by atoms with Crippen molar-refractivity contribution in [3.8, 4) is 11.5 Å². The van der Waals surface area contributed by atoms with Crippen LogP contribution in [-0.2, 0) is 0 Å². The molecule has 0 amide bonds. The lowest BCUT2D eigenvalue weighted by Crippen LogP contribution is -2.19. The van der Waals surface area contributed by atoms with Gasteiger partial charge in [-0.3, -0.25) is 0 Å². The van der Waals surface area contributed by atoms with Gasteiger partial charge in [0.05, 0.1) is 11.1 Å². The average Bonchev–Trinajstić information content (AvgIpc) is 2.25. The van der Waals surface area contributed by atoms with E-state index >= 15 is 0 Å². The van der Waals surface area contributed by atoms with Crippen LogP contribution < -0.4 is 4.74 Å². The van der Waals surface area contributed by atoms with Gasteiger partial charge in [-0.05, 0) is 37.8 Å². The largest absolute Gasteiger partial charge is 0.508 e. The van der Waals surface area contributed by atoms with Crippen LogP contribution in [0.2, 0.25) is 5.02 Å². The van der Waals surface area contributed by atoms with Crippen molar-refractivity contribution in [3.05, 3.63) is 23.2 Å². The highest BCUT2D eigenvalue weighted by molar-refractivity contribution is 6.32. The van der Waals surface area contributed by atoms with Crippen LogP contribution in [0.3, 0.4) is 0 Å². The molecule has 0 unspecified atom stereocenters. The number of phenols is 1. The molecule has 0 heterocycles. The highest BCUT2D eigenvalue weighted by Crippen LogP contribution is 2.31. The minimum absolute atomic E-state index is 0.199. The fourth-order valence-electron chi connectivity index (χ4n) is 1.94. The minimum atomic E-state index is 0.199. The third-order valence-electron chi connectivity index (χ3n) is 2.76. The lowest BCUT2D eigenvalue weighted by Gasteiger charge is -2.23. The van der Waals surface area contributed by atoms with Crippen molar-refractivity contribution in [1.29, 1.82) is 0 Å². The van der Waals surface area contributed by atoms with Gasteiger partial charge in [0, 0.05) is 6.07 Å². The minimum Gasteiger partial charge on any atom is -0.508 e. The molecular weight excluding hydrogens is 212 g/mol. The predicted molar refractivity (Wildman–Crippen MR) is 60.6 cm³/mol. The van der Waals surface area contributed by atoms with Crippen molar-refractivity contribution in [1.82, 2.24) is 0 Å². The Labute approximate surface area is 94.8 Å². The van der Waals surface area contributed by atoms with Gasteiger partial charge in [0.25, 0.3) is 0 Å². The first-order valence-corrected chi connectivity index (χ1v) is 5.78. The normalized spacial score (nSPS) is 17.7. The van der Waals surface area contributed by atoms with Gasteiger partial charge in [0.2, 0.25) is 0 Å². The smallest absolute Gasteiger partial charge is 0.141 e. The zero-order valence-electron chi connectivity index (χ0n) is 8.58. The van der Waals surface area contributed by atoms with Crippen LogP contribution in [0.5, 0.6) is 11.5 Å². The molecule has 15 heavy (non-hydrogen) atoms. The molecule has 1 aromatic carbocycles. The van der Waals surface area contributed by atoms with E-state index in [0.717, 1.165) is 12.8 Å². The van der Waals surface area contributed by atoms with Gasteiger partial charge < -0.3 is 9.84 Å². The summed E-state index contributed by atoms with van der Waals surface area (Å²) >= 11 is 5.98. The van der Waals surface area contributed by atoms with Crippen LogP contribution in [0, 0.1) is 0 Å². The highest BCUT2D eigenvalue weighted by atomic mass is 35.5. The first-order chi connectivity index (χ1) is 7.25. The lowest BCUT2D eigenvalue weighted by atomic mass is 9.98. The van der Waals surface area contributed by atoms with Crippen molar-refractivity contribution in [2.75, 3.05) is 0 Å². The van der Waals surface area contributed by atoms with Crippen LogP contribution >= 0.6 is 11.6 Å². The van der Waals surface area contributed by atoms with Crippen molar-refractivity contribution in [3.63, 3.8) is 0 Å². The van der Waals surface area contributed by atoms with Crippen LogP contribution in [0.1, 0.15) is 32.1 Å². The summed E-state index contributed by atoms with van der Waals surface area (Å²) in [4.78, 5) is 0. The number of aromatic hydroxyl groups is 1. The molecule has 0 aliphatic heterocycles. The Hall–Kier alpha value is -0.890. The molecular formula is C12H15ClO2. The second-order valence-electron chi connectivity index (χ2n) is 3.99. The number of halogens is 1. The number of phenolic OH excluding ortho intramolecular Hbond substituents is 1.